The molecule has 2 atom stereocenters. The van der Waals surface area contributed by atoms with E-state index in [2.05, 4.69) is 5.32 Å². The van der Waals surface area contributed by atoms with Crippen molar-refractivity contribution in [3.8, 4) is 0 Å². The number of aliphatic hydroxyl groups is 1. The molecule has 8 nitrogen and oxygen atoms in total. The van der Waals surface area contributed by atoms with E-state index in [0.717, 1.165) is 6.26 Å². The number of nitrogens with zero attached hydrogens (tertiary/aromatic N) is 1. The van der Waals surface area contributed by atoms with E-state index in [0.29, 0.717) is 24.3 Å². The third-order valence-corrected chi connectivity index (χ3v) is 4.80. The molecule has 1 fully saturated rings. The Morgan fingerprint density at radius 1 is 1.50 bits per heavy atom. The quantitative estimate of drug-likeness (QED) is 0.566. The Hall–Kier alpha value is -2.00. The van der Waals surface area contributed by atoms with Crippen molar-refractivity contribution in [1.29, 1.82) is 0 Å². The van der Waals surface area contributed by atoms with E-state index in [1.54, 1.807) is 4.90 Å². The number of amides is 1. The summed E-state index contributed by atoms with van der Waals surface area (Å²) in [4.78, 5) is 12.6. The molecule has 1 aliphatic heterocycles. The van der Waals surface area contributed by atoms with Crippen LogP contribution in [-0.2, 0) is 9.84 Å². The van der Waals surface area contributed by atoms with Crippen LogP contribution in [0, 0.1) is 0 Å². The van der Waals surface area contributed by atoms with Gasteiger partial charge in [-0.05, 0) is 24.6 Å². The van der Waals surface area contributed by atoms with Crippen molar-refractivity contribution in [2.24, 2.45) is 0 Å². The lowest BCUT2D eigenvalue weighted by Gasteiger charge is -2.26. The van der Waals surface area contributed by atoms with Crippen molar-refractivity contribution < 1.29 is 23.4 Å². The Kier molecular flexibility index (Phi) is 4.47. The van der Waals surface area contributed by atoms with E-state index in [9.17, 15) is 18.3 Å². The van der Waals surface area contributed by atoms with Crippen LogP contribution in [0.5, 0.6) is 0 Å². The van der Waals surface area contributed by atoms with Gasteiger partial charge in [0.05, 0.1) is 35.0 Å². The fourth-order valence-corrected chi connectivity index (χ4v) is 3.31. The van der Waals surface area contributed by atoms with Gasteiger partial charge in [0, 0.05) is 12.8 Å². The first-order valence-corrected chi connectivity index (χ1v) is 8.58. The molecule has 1 amide bonds. The van der Waals surface area contributed by atoms with Gasteiger partial charge in [-0.25, -0.2) is 13.2 Å². The van der Waals surface area contributed by atoms with Crippen LogP contribution in [0.2, 0.25) is 0 Å². The van der Waals surface area contributed by atoms with Gasteiger partial charge in [-0.3, -0.25) is 0 Å². The molecular formula is C13H19N3O5S. The van der Waals surface area contributed by atoms with Crippen LogP contribution in [0.1, 0.15) is 6.42 Å². The van der Waals surface area contributed by atoms with Crippen LogP contribution in [-0.4, -0.2) is 56.2 Å². The molecule has 0 saturated carbocycles. The Morgan fingerprint density at radius 3 is 2.73 bits per heavy atom. The molecule has 9 heteroatoms. The van der Waals surface area contributed by atoms with E-state index in [1.165, 1.54) is 18.2 Å². The van der Waals surface area contributed by atoms with Crippen LogP contribution in [0.3, 0.4) is 0 Å². The number of carbonyl (C=O) groups is 1. The van der Waals surface area contributed by atoms with Gasteiger partial charge in [0.2, 0.25) is 0 Å². The third kappa shape index (κ3) is 3.42. The number of nitrogen functional groups attached to an aromatic ring is 1. The summed E-state index contributed by atoms with van der Waals surface area (Å²) in [7, 11) is -3.38. The van der Waals surface area contributed by atoms with Gasteiger partial charge in [-0.1, -0.05) is 0 Å². The number of carboxylic acid groups (broad SMARTS) is 1. The van der Waals surface area contributed by atoms with E-state index < -0.39 is 15.9 Å². The fraction of sp³-hybridized carbons (Fsp3) is 0.462. The molecule has 1 aliphatic rings. The normalized spacial score (nSPS) is 21.8. The standard InChI is InChI=1S/C13H19N3O5S/c1-22(20,21)10-2-3-11(14)12(5-10)16-6-8(15-13(18)19)4-9(16)7-17/h2-3,5,8-9,15,17H,4,6-7,14H2,1H3,(H,18,19). The summed E-state index contributed by atoms with van der Waals surface area (Å²) >= 11 is 0. The largest absolute Gasteiger partial charge is 0.465 e. The predicted molar refractivity (Wildman–Crippen MR) is 81.7 cm³/mol. The highest BCUT2D eigenvalue weighted by molar-refractivity contribution is 7.90. The molecule has 0 radical (unpaired) electrons. The zero-order chi connectivity index (χ0) is 16.5. The number of hydrogen-bond donors (Lipinski definition) is 4. The zero-order valence-corrected chi connectivity index (χ0v) is 12.9. The Morgan fingerprint density at radius 2 is 2.18 bits per heavy atom. The minimum absolute atomic E-state index is 0.128. The minimum Gasteiger partial charge on any atom is -0.465 e. The van der Waals surface area contributed by atoms with E-state index in [-0.39, 0.29) is 23.6 Å². The number of sulfone groups is 1. The number of rotatable bonds is 4. The number of aliphatic hydroxyl groups excluding tert-OH is 1. The molecule has 2 unspecified atom stereocenters. The van der Waals surface area contributed by atoms with Crippen molar-refractivity contribution in [2.45, 2.75) is 23.4 Å². The van der Waals surface area contributed by atoms with Crippen molar-refractivity contribution in [3.05, 3.63) is 18.2 Å². The molecule has 5 N–H and O–H groups in total. The van der Waals surface area contributed by atoms with Gasteiger partial charge in [0.1, 0.15) is 0 Å². The van der Waals surface area contributed by atoms with Gasteiger partial charge in [0.25, 0.3) is 0 Å². The molecular weight excluding hydrogens is 310 g/mol. The highest BCUT2D eigenvalue weighted by Gasteiger charge is 2.33. The highest BCUT2D eigenvalue weighted by Crippen LogP contribution is 2.32. The van der Waals surface area contributed by atoms with Gasteiger partial charge in [0.15, 0.2) is 9.84 Å². The van der Waals surface area contributed by atoms with Crippen molar-refractivity contribution in [1.82, 2.24) is 5.32 Å². The highest BCUT2D eigenvalue weighted by atomic mass is 32.2. The summed E-state index contributed by atoms with van der Waals surface area (Å²) in [5, 5.41) is 20.7. The lowest BCUT2D eigenvalue weighted by Crippen LogP contribution is -2.36. The Labute approximate surface area is 128 Å². The van der Waals surface area contributed by atoms with Gasteiger partial charge in [-0.15, -0.1) is 0 Å². The summed E-state index contributed by atoms with van der Waals surface area (Å²) in [6, 6.07) is 3.70. The first kappa shape index (κ1) is 16.4. The average Bonchev–Trinajstić information content (AvgIpc) is 2.79. The van der Waals surface area contributed by atoms with Crippen LogP contribution < -0.4 is 16.0 Å². The molecule has 1 heterocycles. The summed E-state index contributed by atoms with van der Waals surface area (Å²) in [6.45, 7) is 0.134. The second kappa shape index (κ2) is 6.01. The smallest absolute Gasteiger partial charge is 0.404 e. The maximum Gasteiger partial charge on any atom is 0.404 e. The summed E-state index contributed by atoms with van der Waals surface area (Å²) in [5.74, 6) is 0. The van der Waals surface area contributed by atoms with Crippen LogP contribution in [0.15, 0.2) is 23.1 Å². The first-order chi connectivity index (χ1) is 10.2. The molecule has 0 bridgehead atoms. The molecule has 0 spiro atoms. The summed E-state index contributed by atoms with van der Waals surface area (Å²) < 4.78 is 23.3. The fourth-order valence-electron chi connectivity index (χ4n) is 2.67. The average molecular weight is 329 g/mol. The molecule has 22 heavy (non-hydrogen) atoms. The number of nitrogens with two attached hydrogens (primary N) is 1. The number of anilines is 2. The molecule has 0 aromatic heterocycles. The molecule has 0 aliphatic carbocycles. The molecule has 1 aromatic rings. The Bertz CT molecular complexity index is 676. The van der Waals surface area contributed by atoms with Gasteiger partial charge in [-0.2, -0.15) is 0 Å². The number of nitrogens with one attached hydrogen (secondary N) is 1. The molecule has 1 saturated heterocycles. The van der Waals surface area contributed by atoms with Gasteiger partial charge >= 0.3 is 6.09 Å². The van der Waals surface area contributed by atoms with Crippen molar-refractivity contribution in [3.63, 3.8) is 0 Å². The lowest BCUT2D eigenvalue weighted by atomic mass is 10.2. The minimum atomic E-state index is -3.38. The summed E-state index contributed by atoms with van der Waals surface area (Å²) in [5.41, 5.74) is 6.78. The van der Waals surface area contributed by atoms with E-state index in [4.69, 9.17) is 10.8 Å². The Balaban J connectivity index is 2.35. The summed E-state index contributed by atoms with van der Waals surface area (Å²) in [6.07, 6.45) is 0.386. The zero-order valence-electron chi connectivity index (χ0n) is 12.1. The maximum absolute atomic E-state index is 11.7. The molecule has 2 rings (SSSR count). The van der Waals surface area contributed by atoms with Crippen molar-refractivity contribution in [2.75, 3.05) is 30.0 Å². The predicted octanol–water partition coefficient (Wildman–Crippen LogP) is -0.120. The van der Waals surface area contributed by atoms with Gasteiger partial charge < -0.3 is 26.2 Å². The first-order valence-electron chi connectivity index (χ1n) is 6.69. The second-order valence-corrected chi connectivity index (χ2v) is 7.38. The van der Waals surface area contributed by atoms with Crippen LogP contribution >= 0.6 is 0 Å². The van der Waals surface area contributed by atoms with Crippen LogP contribution in [0.25, 0.3) is 0 Å². The lowest BCUT2D eigenvalue weighted by molar-refractivity contribution is 0.190. The monoisotopic (exact) mass is 329 g/mol. The second-order valence-electron chi connectivity index (χ2n) is 5.36. The number of benzene rings is 1. The van der Waals surface area contributed by atoms with Crippen molar-refractivity contribution >= 4 is 27.3 Å². The topological polar surface area (TPSA) is 133 Å². The molecule has 122 valence electrons. The third-order valence-electron chi connectivity index (χ3n) is 3.69. The SMILES string of the molecule is CS(=O)(=O)c1ccc(N)c(N2CC(NC(=O)O)CC2CO)c1. The molecule has 1 aromatic carbocycles. The van der Waals surface area contributed by atoms with Crippen LogP contribution in [0.4, 0.5) is 16.2 Å². The maximum atomic E-state index is 11.7. The number of hydrogen-bond acceptors (Lipinski definition) is 6. The van der Waals surface area contributed by atoms with E-state index >= 15 is 0 Å². The van der Waals surface area contributed by atoms with E-state index in [1.807, 2.05) is 0 Å².